The molecule has 9 heterocycles. The van der Waals surface area contributed by atoms with E-state index in [1.54, 1.807) is 17.5 Å². The van der Waals surface area contributed by atoms with Crippen LogP contribution in [0.1, 0.15) is 0 Å². The molecule has 0 N–H and O–H groups in total. The molecule has 0 amide bonds. The van der Waals surface area contributed by atoms with Gasteiger partial charge in [0.2, 0.25) is 0 Å². The molecule has 0 fully saturated rings. The van der Waals surface area contributed by atoms with Crippen LogP contribution in [0.3, 0.4) is 0 Å². The van der Waals surface area contributed by atoms with E-state index in [4.69, 9.17) is 62.5 Å². The Hall–Kier alpha value is -18.4. The minimum Gasteiger partial charge on any atom is -0.456 e. The SMILES string of the molecule is c1ccc(-c2ccc(-c3nc(-c4ccc(-c5cc6ccccc6o5)cc4)nc(-c4ccc5c(c4)oc4ccccc45)n3)cc2)cc1.c1ccc(-c2ccc(-c3nc(-c4ccc(-c5cc6ccccc6o5)cc4)nc(-c4ccc5c(c4)sc4ccccc45)n3)cc2)cc1.c1ccc(-c2ccc(-c3nc(-c4ccc(-c5cccnc5)cc4)nc(-c4ccc(-c5cc6ccccc6o5)cc4)n3)cc2)cc1. The third-order valence-corrected chi connectivity index (χ3v) is 25.8. The van der Waals surface area contributed by atoms with E-state index < -0.39 is 0 Å². The highest BCUT2D eigenvalue weighted by molar-refractivity contribution is 7.25. The summed E-state index contributed by atoms with van der Waals surface area (Å²) in [6, 6.07) is 153. The third kappa shape index (κ3) is 16.9. The van der Waals surface area contributed by atoms with Gasteiger partial charge in [0.1, 0.15) is 45.2 Å². The second kappa shape index (κ2) is 36.0. The zero-order valence-electron chi connectivity index (χ0n) is 73.4. The number of aromatic nitrogens is 10. The van der Waals surface area contributed by atoms with Gasteiger partial charge in [-0.25, -0.2) is 44.9 Å². The average molecular weight is 1780 g/mol. The van der Waals surface area contributed by atoms with Crippen LogP contribution in [0.5, 0.6) is 0 Å². The first-order chi connectivity index (χ1) is 67.8. The number of pyridine rings is 1. The lowest BCUT2D eigenvalue weighted by atomic mass is 10.0. The molecule has 26 rings (SSSR count). The fourth-order valence-corrected chi connectivity index (χ4v) is 18.6. The summed E-state index contributed by atoms with van der Waals surface area (Å²) in [6.07, 6.45) is 3.64. The normalized spacial score (nSPS) is 11.4. The molecule has 644 valence electrons. The van der Waals surface area contributed by atoms with Gasteiger partial charge < -0.3 is 17.7 Å². The van der Waals surface area contributed by atoms with Gasteiger partial charge in [0.15, 0.2) is 52.4 Å². The highest BCUT2D eigenvalue weighted by Crippen LogP contribution is 2.42. The lowest BCUT2D eigenvalue weighted by Gasteiger charge is -2.10. The number of benzene rings is 17. The average Bonchev–Trinajstić information content (AvgIpc) is 1.71. The van der Waals surface area contributed by atoms with Crippen LogP contribution < -0.4 is 0 Å². The summed E-state index contributed by atoms with van der Waals surface area (Å²) in [4.78, 5) is 49.0. The topological polar surface area (TPSA) is 181 Å². The van der Waals surface area contributed by atoms with E-state index >= 15 is 0 Å². The van der Waals surface area contributed by atoms with E-state index in [-0.39, 0.29) is 0 Å². The van der Waals surface area contributed by atoms with Crippen LogP contribution in [0.15, 0.2) is 479 Å². The molecule has 26 aromatic rings. The maximum absolute atomic E-state index is 6.20. The second-order valence-electron chi connectivity index (χ2n) is 33.4. The fraction of sp³-hybridized carbons (Fsp3) is 0. The Bertz CT molecular complexity index is 8350. The molecule has 15 heteroatoms. The number of nitrogens with zero attached hydrogens (tertiary/aromatic N) is 10. The van der Waals surface area contributed by atoms with Crippen molar-refractivity contribution in [1.29, 1.82) is 0 Å². The molecular weight excluding hydrogens is 1700 g/mol. The van der Waals surface area contributed by atoms with Gasteiger partial charge in [-0.15, -0.1) is 11.3 Å². The maximum Gasteiger partial charge on any atom is 0.164 e. The van der Waals surface area contributed by atoms with E-state index in [2.05, 4.69) is 278 Å². The predicted octanol–water partition coefficient (Wildman–Crippen LogP) is 32.2. The van der Waals surface area contributed by atoms with Gasteiger partial charge >= 0.3 is 0 Å². The van der Waals surface area contributed by atoms with Crippen LogP contribution >= 0.6 is 11.3 Å². The standard InChI is InChI=1S/C41H25N3O2.C41H25N3OS.C40H26N4O/c1-2-8-26(9-3-1)27-14-18-29(19-15-27)39-42-40(30-20-16-28(17-21-30)37-24-31-10-4-6-12-35(31)45-37)44-41(43-39)32-22-23-34-33-11-5-7-13-36(33)46-38(34)25-32;1-2-8-26(9-3-1)27-14-18-29(19-15-27)39-42-40(30-20-16-28(17-21-30)36-24-31-10-4-6-12-35(31)45-36)44-41(43-39)32-22-23-34-33-11-5-7-13-37(33)46-38(34)25-32;1-2-7-27(8-3-1)28-12-18-31(19-13-28)38-42-39(32-20-14-29(15-21-32)35-10-6-24-41-26-35)44-40(43-38)33-22-16-30(17-23-33)37-25-34-9-4-5-11-36(34)45-37/h2*1-25H;1-26H. The Balaban J connectivity index is 0.000000112. The lowest BCUT2D eigenvalue weighted by Crippen LogP contribution is -2.00. The van der Waals surface area contributed by atoms with Gasteiger partial charge in [-0.3, -0.25) is 4.98 Å². The van der Waals surface area contributed by atoms with Gasteiger partial charge in [0, 0.05) is 126 Å². The molecule has 0 saturated heterocycles. The Morgan fingerprint density at radius 1 is 0.153 bits per heavy atom. The first kappa shape index (κ1) is 81.8. The zero-order valence-corrected chi connectivity index (χ0v) is 74.2. The molecule has 0 spiro atoms. The van der Waals surface area contributed by atoms with E-state index in [1.807, 2.05) is 182 Å². The third-order valence-electron chi connectivity index (χ3n) is 24.6. The van der Waals surface area contributed by atoms with Gasteiger partial charge in [-0.1, -0.05) is 376 Å². The van der Waals surface area contributed by atoms with Crippen molar-refractivity contribution in [2.24, 2.45) is 0 Å². The van der Waals surface area contributed by atoms with Crippen LogP contribution in [0, 0.1) is 0 Å². The number of para-hydroxylation sites is 4. The van der Waals surface area contributed by atoms with Gasteiger partial charge in [0.25, 0.3) is 0 Å². The van der Waals surface area contributed by atoms with Crippen LogP contribution in [0.4, 0.5) is 0 Å². The molecule has 0 saturated carbocycles. The summed E-state index contributed by atoms with van der Waals surface area (Å²) >= 11 is 1.79. The van der Waals surface area contributed by atoms with Crippen LogP contribution in [-0.4, -0.2) is 49.8 Å². The molecule has 0 bridgehead atoms. The molecule has 17 aromatic carbocycles. The minimum absolute atomic E-state index is 0.579. The molecule has 0 atom stereocenters. The molecule has 9 aromatic heterocycles. The molecule has 0 radical (unpaired) electrons. The molecule has 137 heavy (non-hydrogen) atoms. The lowest BCUT2D eigenvalue weighted by molar-refractivity contribution is 0.631. The summed E-state index contributed by atoms with van der Waals surface area (Å²) in [6.45, 7) is 0. The smallest absolute Gasteiger partial charge is 0.164 e. The zero-order chi connectivity index (χ0) is 90.9. The highest BCUT2D eigenvalue weighted by Gasteiger charge is 2.22. The van der Waals surface area contributed by atoms with Crippen molar-refractivity contribution < 1.29 is 17.7 Å². The van der Waals surface area contributed by atoms with Crippen molar-refractivity contribution >= 4 is 86.4 Å². The number of hydrogen-bond acceptors (Lipinski definition) is 15. The van der Waals surface area contributed by atoms with E-state index in [9.17, 15) is 0 Å². The maximum atomic E-state index is 6.20. The summed E-state index contributed by atoms with van der Waals surface area (Å²) in [7, 11) is 0. The monoisotopic (exact) mass is 1780 g/mol. The van der Waals surface area contributed by atoms with Crippen LogP contribution in [-0.2, 0) is 0 Å². The Morgan fingerprint density at radius 2 is 0.409 bits per heavy atom. The predicted molar refractivity (Wildman–Crippen MR) is 554 cm³/mol. The Labute approximate surface area is 790 Å². The highest BCUT2D eigenvalue weighted by atomic mass is 32.1. The number of fused-ring (bicyclic) bond motifs is 9. The number of furan rings is 4. The Morgan fingerprint density at radius 3 is 0.766 bits per heavy atom. The van der Waals surface area contributed by atoms with Crippen LogP contribution in [0.25, 0.3) is 256 Å². The van der Waals surface area contributed by atoms with Crippen LogP contribution in [0.2, 0.25) is 0 Å². The summed E-state index contributed by atoms with van der Waals surface area (Å²) < 4.78 is 27.0. The summed E-state index contributed by atoms with van der Waals surface area (Å²) in [5.41, 5.74) is 24.5. The van der Waals surface area contributed by atoms with Gasteiger partial charge in [-0.05, 0) is 117 Å². The van der Waals surface area contributed by atoms with E-state index in [0.717, 1.165) is 172 Å². The largest absolute Gasteiger partial charge is 0.456 e. The van der Waals surface area contributed by atoms with Crippen molar-refractivity contribution in [2.45, 2.75) is 0 Å². The van der Waals surface area contributed by atoms with Crippen molar-refractivity contribution in [3.05, 3.63) is 461 Å². The molecule has 0 aliphatic heterocycles. The number of rotatable bonds is 16. The molecule has 0 aliphatic rings. The molecular formula is C122H76N10O4S. The van der Waals surface area contributed by atoms with Crippen molar-refractivity contribution in [1.82, 2.24) is 49.8 Å². The van der Waals surface area contributed by atoms with E-state index in [0.29, 0.717) is 52.4 Å². The van der Waals surface area contributed by atoms with Gasteiger partial charge in [0.05, 0.1) is 0 Å². The Kier molecular flexibility index (Phi) is 21.5. The van der Waals surface area contributed by atoms with Gasteiger partial charge in [-0.2, -0.15) is 0 Å². The first-order valence-electron chi connectivity index (χ1n) is 45.2. The summed E-state index contributed by atoms with van der Waals surface area (Å²) in [5, 5.41) is 7.91. The summed E-state index contributed by atoms with van der Waals surface area (Å²) in [5.74, 6) is 8.00. The van der Waals surface area contributed by atoms with Crippen molar-refractivity contribution in [2.75, 3.05) is 0 Å². The number of thiophene rings is 1. The fourth-order valence-electron chi connectivity index (χ4n) is 17.4. The molecule has 0 aliphatic carbocycles. The first-order valence-corrected chi connectivity index (χ1v) is 46.0. The van der Waals surface area contributed by atoms with Crippen molar-refractivity contribution in [3.8, 4) is 181 Å². The molecule has 14 nitrogen and oxygen atoms in total. The number of hydrogen-bond donors (Lipinski definition) is 0. The molecule has 0 unspecified atom stereocenters. The van der Waals surface area contributed by atoms with E-state index in [1.165, 1.54) is 31.3 Å². The van der Waals surface area contributed by atoms with Crippen molar-refractivity contribution in [3.63, 3.8) is 0 Å². The second-order valence-corrected chi connectivity index (χ2v) is 34.4. The quantitative estimate of drug-likeness (QED) is 0.0891. The minimum atomic E-state index is 0.579.